The monoisotopic (exact) mass is 331 g/mol. The highest BCUT2D eigenvalue weighted by molar-refractivity contribution is 9.10. The van der Waals surface area contributed by atoms with Crippen LogP contribution in [-0.4, -0.2) is 23.7 Å². The molecule has 1 aliphatic rings. The summed E-state index contributed by atoms with van der Waals surface area (Å²) in [5, 5.41) is 13.9. The number of carbonyl (C=O) groups excluding carboxylic acids is 1. The Labute approximate surface area is 120 Å². The fourth-order valence-corrected chi connectivity index (χ4v) is 3.80. The van der Waals surface area contributed by atoms with E-state index in [0.29, 0.717) is 12.0 Å². The van der Waals surface area contributed by atoms with Gasteiger partial charge in [0.05, 0.1) is 4.88 Å². The van der Waals surface area contributed by atoms with Gasteiger partial charge >= 0.3 is 0 Å². The van der Waals surface area contributed by atoms with Crippen LogP contribution in [0, 0.1) is 5.92 Å². The molecule has 0 radical (unpaired) electrons. The van der Waals surface area contributed by atoms with Gasteiger partial charge in [0.1, 0.15) is 0 Å². The fraction of sp³-hybridized carbons (Fsp3) is 0.615. The Morgan fingerprint density at radius 3 is 2.72 bits per heavy atom. The minimum Gasteiger partial charge on any atom is -0.396 e. The van der Waals surface area contributed by atoms with Crippen LogP contribution in [0.3, 0.4) is 0 Å². The molecule has 3 nitrogen and oxygen atoms in total. The number of halogens is 1. The molecule has 1 aromatic heterocycles. The van der Waals surface area contributed by atoms with Gasteiger partial charge in [0.2, 0.25) is 0 Å². The van der Waals surface area contributed by atoms with Gasteiger partial charge in [-0.05, 0) is 60.0 Å². The summed E-state index contributed by atoms with van der Waals surface area (Å²) in [5.74, 6) is 0.676. The van der Waals surface area contributed by atoms with Gasteiger partial charge in [-0.2, -0.15) is 0 Å². The van der Waals surface area contributed by atoms with Crippen LogP contribution < -0.4 is 5.32 Å². The highest BCUT2D eigenvalue weighted by Gasteiger charge is 2.22. The molecule has 1 aliphatic carbocycles. The van der Waals surface area contributed by atoms with Crippen molar-refractivity contribution < 1.29 is 9.90 Å². The predicted molar refractivity (Wildman–Crippen MR) is 76.9 cm³/mol. The van der Waals surface area contributed by atoms with E-state index >= 15 is 0 Å². The SMILES string of the molecule is O=C(NC1CCC(CCO)CC1)c1cc(Br)cs1. The number of nitrogens with one attached hydrogen (secondary N) is 1. The third-order valence-corrected chi connectivity index (χ3v) is 5.20. The van der Waals surface area contributed by atoms with Crippen molar-refractivity contribution in [3.63, 3.8) is 0 Å². The molecule has 5 heteroatoms. The minimum absolute atomic E-state index is 0.0382. The van der Waals surface area contributed by atoms with Gasteiger partial charge in [-0.3, -0.25) is 4.79 Å². The molecule has 2 N–H and O–H groups in total. The first kappa shape index (κ1) is 14.0. The molecule has 1 fully saturated rings. The predicted octanol–water partition coefficient (Wildman–Crippen LogP) is 3.18. The molecule has 1 saturated carbocycles. The van der Waals surface area contributed by atoms with Crippen LogP contribution in [-0.2, 0) is 0 Å². The quantitative estimate of drug-likeness (QED) is 0.890. The van der Waals surface area contributed by atoms with E-state index in [1.54, 1.807) is 0 Å². The molecule has 2 rings (SSSR count). The number of amides is 1. The lowest BCUT2D eigenvalue weighted by atomic mass is 9.84. The molecule has 100 valence electrons. The summed E-state index contributed by atoms with van der Waals surface area (Å²) in [7, 11) is 0. The van der Waals surface area contributed by atoms with E-state index in [9.17, 15) is 4.79 Å². The van der Waals surface area contributed by atoms with Crippen molar-refractivity contribution in [2.45, 2.75) is 38.1 Å². The van der Waals surface area contributed by atoms with E-state index in [0.717, 1.165) is 41.5 Å². The summed E-state index contributed by atoms with van der Waals surface area (Å²) >= 11 is 4.82. The standard InChI is InChI=1S/C13H18BrNO2S/c14-10-7-12(18-8-10)13(17)15-11-3-1-9(2-4-11)5-6-16/h7-9,11,16H,1-6H2,(H,15,17). The Morgan fingerprint density at radius 1 is 1.44 bits per heavy atom. The molecule has 0 saturated heterocycles. The number of rotatable bonds is 4. The summed E-state index contributed by atoms with van der Waals surface area (Å²) < 4.78 is 0.962. The third-order valence-electron chi connectivity index (χ3n) is 3.51. The number of hydrogen-bond donors (Lipinski definition) is 2. The Morgan fingerprint density at radius 2 is 2.17 bits per heavy atom. The summed E-state index contributed by atoms with van der Waals surface area (Å²) in [6, 6.07) is 2.16. The zero-order valence-corrected chi connectivity index (χ0v) is 12.6. The first-order valence-electron chi connectivity index (χ1n) is 6.35. The van der Waals surface area contributed by atoms with Crippen LogP contribution in [0.4, 0.5) is 0 Å². The fourth-order valence-electron chi connectivity index (χ4n) is 2.47. The van der Waals surface area contributed by atoms with Gasteiger partial charge in [-0.25, -0.2) is 0 Å². The van der Waals surface area contributed by atoms with Gasteiger partial charge in [0.25, 0.3) is 5.91 Å². The number of carbonyl (C=O) groups is 1. The zero-order chi connectivity index (χ0) is 13.0. The highest BCUT2D eigenvalue weighted by Crippen LogP contribution is 2.27. The van der Waals surface area contributed by atoms with Crippen molar-refractivity contribution in [2.75, 3.05) is 6.61 Å². The van der Waals surface area contributed by atoms with Crippen LogP contribution in [0.2, 0.25) is 0 Å². The van der Waals surface area contributed by atoms with E-state index in [-0.39, 0.29) is 12.5 Å². The number of thiophene rings is 1. The summed E-state index contributed by atoms with van der Waals surface area (Å²) in [5.41, 5.74) is 0. The lowest BCUT2D eigenvalue weighted by Gasteiger charge is -2.28. The third kappa shape index (κ3) is 3.80. The summed E-state index contributed by atoms with van der Waals surface area (Å²) in [4.78, 5) is 12.7. The lowest BCUT2D eigenvalue weighted by Crippen LogP contribution is -2.37. The number of hydrogen-bond acceptors (Lipinski definition) is 3. The first-order chi connectivity index (χ1) is 8.69. The Bertz CT molecular complexity index is 399. The molecule has 0 unspecified atom stereocenters. The van der Waals surface area contributed by atoms with Crippen molar-refractivity contribution in [2.24, 2.45) is 5.92 Å². The van der Waals surface area contributed by atoms with E-state index in [2.05, 4.69) is 21.2 Å². The first-order valence-corrected chi connectivity index (χ1v) is 8.02. The Hall–Kier alpha value is -0.390. The van der Waals surface area contributed by atoms with Crippen LogP contribution in [0.1, 0.15) is 41.8 Å². The normalized spacial score (nSPS) is 23.9. The lowest BCUT2D eigenvalue weighted by molar-refractivity contribution is 0.0923. The molecule has 1 amide bonds. The molecule has 1 heterocycles. The van der Waals surface area contributed by atoms with Gasteiger partial charge in [-0.1, -0.05) is 0 Å². The van der Waals surface area contributed by atoms with E-state index < -0.39 is 0 Å². The van der Waals surface area contributed by atoms with Gasteiger partial charge in [-0.15, -0.1) is 11.3 Å². The Balaban J connectivity index is 1.79. The number of aliphatic hydroxyl groups excluding tert-OH is 1. The average Bonchev–Trinajstić information content (AvgIpc) is 2.79. The van der Waals surface area contributed by atoms with Crippen molar-refractivity contribution >= 4 is 33.2 Å². The second-order valence-corrected chi connectivity index (χ2v) is 6.66. The van der Waals surface area contributed by atoms with Gasteiger partial charge < -0.3 is 10.4 Å². The van der Waals surface area contributed by atoms with Crippen LogP contribution in [0.15, 0.2) is 15.9 Å². The molecule has 0 atom stereocenters. The molecule has 18 heavy (non-hydrogen) atoms. The minimum atomic E-state index is 0.0382. The zero-order valence-electron chi connectivity index (χ0n) is 10.2. The van der Waals surface area contributed by atoms with E-state index in [4.69, 9.17) is 5.11 Å². The topological polar surface area (TPSA) is 49.3 Å². The molecule has 0 aliphatic heterocycles. The van der Waals surface area contributed by atoms with Crippen molar-refractivity contribution in [3.8, 4) is 0 Å². The second-order valence-electron chi connectivity index (χ2n) is 4.83. The van der Waals surface area contributed by atoms with Crippen molar-refractivity contribution in [1.29, 1.82) is 0 Å². The maximum absolute atomic E-state index is 12.0. The smallest absolute Gasteiger partial charge is 0.261 e. The number of aliphatic hydroxyl groups is 1. The molecule has 0 aromatic carbocycles. The van der Waals surface area contributed by atoms with Crippen molar-refractivity contribution in [3.05, 3.63) is 20.8 Å². The molecular formula is C13H18BrNO2S. The Kier molecular flexibility index (Phi) is 5.21. The summed E-state index contributed by atoms with van der Waals surface area (Å²) in [6.45, 7) is 0.283. The summed E-state index contributed by atoms with van der Waals surface area (Å²) in [6.07, 6.45) is 5.18. The molecule has 0 spiro atoms. The van der Waals surface area contributed by atoms with Crippen LogP contribution in [0.5, 0.6) is 0 Å². The average molecular weight is 332 g/mol. The van der Waals surface area contributed by atoms with Gasteiger partial charge in [0, 0.05) is 22.5 Å². The highest BCUT2D eigenvalue weighted by atomic mass is 79.9. The maximum atomic E-state index is 12.0. The van der Waals surface area contributed by atoms with E-state index in [1.807, 2.05) is 11.4 Å². The molecule has 1 aromatic rings. The maximum Gasteiger partial charge on any atom is 0.261 e. The van der Waals surface area contributed by atoms with Crippen LogP contribution in [0.25, 0.3) is 0 Å². The molecular weight excluding hydrogens is 314 g/mol. The van der Waals surface area contributed by atoms with Crippen molar-refractivity contribution in [1.82, 2.24) is 5.32 Å². The second kappa shape index (κ2) is 6.68. The van der Waals surface area contributed by atoms with Gasteiger partial charge in [0.15, 0.2) is 0 Å². The van der Waals surface area contributed by atoms with Crippen LogP contribution >= 0.6 is 27.3 Å². The van der Waals surface area contributed by atoms with E-state index in [1.165, 1.54) is 11.3 Å². The largest absolute Gasteiger partial charge is 0.396 e. The molecule has 0 bridgehead atoms.